The average Bonchev–Trinajstić information content (AvgIpc) is 2.21. The average molecular weight is 187 g/mol. The zero-order valence-corrected chi connectivity index (χ0v) is 8.90. The molecule has 1 aromatic carbocycles. The third kappa shape index (κ3) is 2.60. The molecule has 1 aromatic rings. The maximum atomic E-state index is 9.13. The lowest BCUT2D eigenvalue weighted by Gasteiger charge is -2.16. The first-order valence-electron chi connectivity index (χ1n) is 5.24. The molecule has 0 aliphatic rings. The monoisotopic (exact) mass is 187 g/mol. The summed E-state index contributed by atoms with van der Waals surface area (Å²) < 4.78 is 0. The molecule has 0 radical (unpaired) electrons. The normalized spacial score (nSPS) is 14.4. The fraction of sp³-hybridized carbons (Fsp3) is 0.462. The van der Waals surface area contributed by atoms with Gasteiger partial charge in [-0.15, -0.1) is 0 Å². The van der Waals surface area contributed by atoms with Gasteiger partial charge in [-0.25, -0.2) is 0 Å². The molecule has 0 fully saturated rings. The van der Waals surface area contributed by atoms with Crippen LogP contribution in [0.15, 0.2) is 30.3 Å². The fourth-order valence-electron chi connectivity index (χ4n) is 1.81. The van der Waals surface area contributed by atoms with E-state index >= 15 is 0 Å². The van der Waals surface area contributed by atoms with Crippen LogP contribution in [0.3, 0.4) is 0 Å². The van der Waals surface area contributed by atoms with E-state index in [1.54, 1.807) is 0 Å². The predicted molar refractivity (Wildman–Crippen MR) is 58.9 cm³/mol. The molecule has 1 heteroatoms. The lowest BCUT2D eigenvalue weighted by Crippen LogP contribution is -2.07. The molecule has 0 aliphatic heterocycles. The molecule has 74 valence electrons. The van der Waals surface area contributed by atoms with Crippen molar-refractivity contribution < 1.29 is 0 Å². The summed E-state index contributed by atoms with van der Waals surface area (Å²) in [7, 11) is 0. The molecule has 14 heavy (non-hydrogen) atoms. The molecule has 0 unspecified atom stereocenters. The number of hydrogen-bond donors (Lipinski definition) is 0. The van der Waals surface area contributed by atoms with Crippen molar-refractivity contribution in [1.29, 1.82) is 5.26 Å². The first-order chi connectivity index (χ1) is 6.79. The summed E-state index contributed by atoms with van der Waals surface area (Å²) in [6, 6.07) is 12.5. The van der Waals surface area contributed by atoms with E-state index in [-0.39, 0.29) is 5.92 Å². The van der Waals surface area contributed by atoms with E-state index in [9.17, 15) is 0 Å². The first kappa shape index (κ1) is 10.8. The zero-order chi connectivity index (χ0) is 10.4. The summed E-state index contributed by atoms with van der Waals surface area (Å²) in [5.41, 5.74) is 1.15. The number of rotatable bonds is 4. The van der Waals surface area contributed by atoms with Crippen molar-refractivity contribution in [2.45, 2.75) is 32.6 Å². The van der Waals surface area contributed by atoms with Gasteiger partial charge in [0.2, 0.25) is 0 Å². The largest absolute Gasteiger partial charge is 0.198 e. The Morgan fingerprint density at radius 1 is 1.29 bits per heavy atom. The Kier molecular flexibility index (Phi) is 4.19. The second-order valence-electron chi connectivity index (χ2n) is 3.78. The molecule has 0 saturated heterocycles. The van der Waals surface area contributed by atoms with Crippen molar-refractivity contribution >= 4 is 0 Å². The highest BCUT2D eigenvalue weighted by atomic mass is 14.3. The van der Waals surface area contributed by atoms with Crippen LogP contribution in [0.4, 0.5) is 0 Å². The van der Waals surface area contributed by atoms with Gasteiger partial charge in [-0.3, -0.25) is 0 Å². The smallest absolute Gasteiger partial charge is 0.0738 e. The Morgan fingerprint density at radius 2 is 1.93 bits per heavy atom. The summed E-state index contributed by atoms with van der Waals surface area (Å²) in [5.74, 6) is 0.503. The quantitative estimate of drug-likeness (QED) is 0.704. The Labute approximate surface area is 86.4 Å². The second-order valence-corrected chi connectivity index (χ2v) is 3.78. The molecule has 0 aromatic heterocycles. The third-order valence-corrected chi connectivity index (χ3v) is 2.61. The number of nitriles is 1. The van der Waals surface area contributed by atoms with E-state index < -0.39 is 0 Å². The Bertz CT molecular complexity index is 297. The molecule has 0 saturated carbocycles. The lowest BCUT2D eigenvalue weighted by atomic mass is 9.86. The molecule has 0 spiro atoms. The summed E-state index contributed by atoms with van der Waals surface area (Å²) in [6.07, 6.45) is 2.26. The molecular formula is C13H17N. The van der Waals surface area contributed by atoms with Gasteiger partial charge in [-0.05, 0) is 17.9 Å². The van der Waals surface area contributed by atoms with E-state index in [4.69, 9.17) is 5.26 Å². The molecule has 1 rings (SSSR count). The van der Waals surface area contributed by atoms with Crippen LogP contribution in [0.2, 0.25) is 0 Å². The minimum atomic E-state index is 0.0520. The van der Waals surface area contributed by atoms with Gasteiger partial charge in [-0.2, -0.15) is 5.26 Å². The van der Waals surface area contributed by atoms with E-state index in [2.05, 4.69) is 19.9 Å². The summed E-state index contributed by atoms with van der Waals surface area (Å²) in [5, 5.41) is 9.13. The van der Waals surface area contributed by atoms with Crippen molar-refractivity contribution in [3.63, 3.8) is 0 Å². The summed E-state index contributed by atoms with van der Waals surface area (Å²) in [6.45, 7) is 4.32. The molecule has 0 N–H and O–H groups in total. The SMILES string of the molecule is CCC[C@@H](C)[C@H](C#N)c1ccccc1. The van der Waals surface area contributed by atoms with Crippen LogP contribution in [0.25, 0.3) is 0 Å². The van der Waals surface area contributed by atoms with Crippen LogP contribution < -0.4 is 0 Å². The van der Waals surface area contributed by atoms with Crippen LogP contribution in [0.5, 0.6) is 0 Å². The van der Waals surface area contributed by atoms with E-state index in [0.29, 0.717) is 5.92 Å². The van der Waals surface area contributed by atoms with Gasteiger partial charge in [0, 0.05) is 0 Å². The Balaban J connectivity index is 2.78. The van der Waals surface area contributed by atoms with Crippen molar-refractivity contribution in [2.75, 3.05) is 0 Å². The van der Waals surface area contributed by atoms with Crippen LogP contribution in [0.1, 0.15) is 38.2 Å². The van der Waals surface area contributed by atoms with Crippen LogP contribution in [-0.2, 0) is 0 Å². The van der Waals surface area contributed by atoms with Gasteiger partial charge in [0.25, 0.3) is 0 Å². The number of nitrogens with zero attached hydrogens (tertiary/aromatic N) is 1. The van der Waals surface area contributed by atoms with E-state index in [1.807, 2.05) is 30.3 Å². The van der Waals surface area contributed by atoms with Gasteiger partial charge in [-0.1, -0.05) is 50.6 Å². The highest BCUT2D eigenvalue weighted by molar-refractivity contribution is 5.25. The molecule has 0 heterocycles. The minimum Gasteiger partial charge on any atom is -0.198 e. The molecule has 1 nitrogen and oxygen atoms in total. The van der Waals surface area contributed by atoms with Crippen molar-refractivity contribution in [3.8, 4) is 6.07 Å². The van der Waals surface area contributed by atoms with Crippen molar-refractivity contribution in [1.82, 2.24) is 0 Å². The minimum absolute atomic E-state index is 0.0520. The Hall–Kier alpha value is -1.29. The summed E-state index contributed by atoms with van der Waals surface area (Å²) in [4.78, 5) is 0. The molecule has 0 aliphatic carbocycles. The fourth-order valence-corrected chi connectivity index (χ4v) is 1.81. The van der Waals surface area contributed by atoms with Gasteiger partial charge < -0.3 is 0 Å². The molecule has 0 bridgehead atoms. The van der Waals surface area contributed by atoms with Crippen molar-refractivity contribution in [2.24, 2.45) is 5.92 Å². The molecular weight excluding hydrogens is 170 g/mol. The lowest BCUT2D eigenvalue weighted by molar-refractivity contribution is 0.484. The van der Waals surface area contributed by atoms with Gasteiger partial charge in [0.15, 0.2) is 0 Å². The molecule has 0 amide bonds. The third-order valence-electron chi connectivity index (χ3n) is 2.61. The maximum absolute atomic E-state index is 9.13. The highest BCUT2D eigenvalue weighted by Gasteiger charge is 2.17. The Morgan fingerprint density at radius 3 is 2.43 bits per heavy atom. The summed E-state index contributed by atoms with van der Waals surface area (Å²) >= 11 is 0. The van der Waals surface area contributed by atoms with Crippen molar-refractivity contribution in [3.05, 3.63) is 35.9 Å². The van der Waals surface area contributed by atoms with Crippen LogP contribution >= 0.6 is 0 Å². The maximum Gasteiger partial charge on any atom is 0.0738 e. The van der Waals surface area contributed by atoms with E-state index in [0.717, 1.165) is 18.4 Å². The van der Waals surface area contributed by atoms with Gasteiger partial charge in [0.05, 0.1) is 12.0 Å². The van der Waals surface area contributed by atoms with Crippen LogP contribution in [0, 0.1) is 17.2 Å². The highest BCUT2D eigenvalue weighted by Crippen LogP contribution is 2.26. The van der Waals surface area contributed by atoms with Gasteiger partial charge >= 0.3 is 0 Å². The standard InChI is InChI=1S/C13H17N/c1-3-7-11(2)13(10-14)12-8-5-4-6-9-12/h4-6,8-9,11,13H,3,7H2,1-2H3/t11-,13+/m1/s1. The first-order valence-corrected chi connectivity index (χ1v) is 5.24. The second kappa shape index (κ2) is 5.44. The predicted octanol–water partition coefficient (Wildman–Crippen LogP) is 3.73. The number of benzene rings is 1. The zero-order valence-electron chi connectivity index (χ0n) is 8.90. The molecule has 2 atom stereocenters. The van der Waals surface area contributed by atoms with Crippen LogP contribution in [-0.4, -0.2) is 0 Å². The number of hydrogen-bond acceptors (Lipinski definition) is 1. The van der Waals surface area contributed by atoms with E-state index in [1.165, 1.54) is 0 Å². The van der Waals surface area contributed by atoms with Gasteiger partial charge in [0.1, 0.15) is 0 Å². The topological polar surface area (TPSA) is 23.8 Å².